The van der Waals surface area contributed by atoms with E-state index in [0.29, 0.717) is 43.2 Å². The second-order valence-corrected chi connectivity index (χ2v) is 12.6. The van der Waals surface area contributed by atoms with E-state index in [1.54, 1.807) is 11.0 Å². The predicted octanol–water partition coefficient (Wildman–Crippen LogP) is 7.79. The molecule has 1 amide bonds. The van der Waals surface area contributed by atoms with Crippen LogP contribution in [0.15, 0.2) is 77.3 Å². The van der Waals surface area contributed by atoms with Crippen LogP contribution in [0.5, 0.6) is 0 Å². The SMILES string of the molecule is CC(C)(C)OC(=O)N1CC=C(c2cc(-c3ccc(-c4noc(CCc5cccc(C6CC6)c5)n4)cc3)ccc2C(=O)O)CC1. The van der Waals surface area contributed by atoms with Gasteiger partial charge in [-0.2, -0.15) is 4.98 Å². The molecule has 226 valence electrons. The Hall–Kier alpha value is -4.72. The van der Waals surface area contributed by atoms with Crippen LogP contribution in [-0.4, -0.2) is 50.9 Å². The molecule has 2 heterocycles. The second kappa shape index (κ2) is 12.1. The van der Waals surface area contributed by atoms with E-state index < -0.39 is 11.6 Å². The Bertz CT molecular complexity index is 1710. The Labute approximate surface area is 257 Å². The molecule has 4 aromatic rings. The molecule has 0 spiro atoms. The van der Waals surface area contributed by atoms with Crippen LogP contribution in [0.25, 0.3) is 28.1 Å². The number of hydrogen-bond acceptors (Lipinski definition) is 6. The Kier molecular flexibility index (Phi) is 8.08. The molecule has 0 radical (unpaired) electrons. The molecular formula is C36H37N3O5. The summed E-state index contributed by atoms with van der Waals surface area (Å²) in [5, 5.41) is 14.1. The molecular weight excluding hydrogens is 554 g/mol. The molecule has 1 saturated carbocycles. The van der Waals surface area contributed by atoms with E-state index in [1.807, 2.05) is 63.2 Å². The predicted molar refractivity (Wildman–Crippen MR) is 168 cm³/mol. The zero-order valence-electron chi connectivity index (χ0n) is 25.4. The van der Waals surface area contributed by atoms with Crippen molar-refractivity contribution in [2.45, 2.75) is 64.4 Å². The Morgan fingerprint density at radius 2 is 1.73 bits per heavy atom. The molecule has 3 aromatic carbocycles. The van der Waals surface area contributed by atoms with Gasteiger partial charge in [0.15, 0.2) is 0 Å². The third kappa shape index (κ3) is 6.91. The number of aromatic carboxylic acids is 1. The minimum absolute atomic E-state index is 0.237. The Morgan fingerprint density at radius 1 is 0.977 bits per heavy atom. The summed E-state index contributed by atoms with van der Waals surface area (Å²) < 4.78 is 11.0. The minimum Gasteiger partial charge on any atom is -0.478 e. The normalized spacial score (nSPS) is 15.2. The molecule has 2 aliphatic rings. The monoisotopic (exact) mass is 591 g/mol. The molecule has 1 aliphatic heterocycles. The summed E-state index contributed by atoms with van der Waals surface area (Å²) in [5.74, 6) is 0.902. The second-order valence-electron chi connectivity index (χ2n) is 12.6. The number of nitrogens with zero attached hydrogens (tertiary/aromatic N) is 3. The van der Waals surface area contributed by atoms with Gasteiger partial charge in [-0.25, -0.2) is 9.59 Å². The van der Waals surface area contributed by atoms with Gasteiger partial charge in [-0.3, -0.25) is 0 Å². The Morgan fingerprint density at radius 3 is 2.41 bits per heavy atom. The summed E-state index contributed by atoms with van der Waals surface area (Å²) in [4.78, 5) is 30.8. The molecule has 6 rings (SSSR count). The number of amides is 1. The molecule has 0 unspecified atom stereocenters. The van der Waals surface area contributed by atoms with E-state index in [9.17, 15) is 14.7 Å². The molecule has 0 atom stereocenters. The van der Waals surface area contributed by atoms with Crippen molar-refractivity contribution < 1.29 is 24.0 Å². The standard InChI is InChI=1S/C36H37N3O5/c1-36(2,3)43-35(42)39-19-17-26(18-20-39)31-22-29(14-15-30(31)34(40)41)25-10-12-27(13-11-25)33-37-32(44-38-33)16-7-23-5-4-6-28(21-23)24-8-9-24/h4-6,10-15,17,21-22,24H,7-9,16,18-20H2,1-3H3,(H,40,41). The van der Waals surface area contributed by atoms with Crippen LogP contribution in [0, 0.1) is 0 Å². The van der Waals surface area contributed by atoms with Gasteiger partial charge in [-0.05, 0) is 97.9 Å². The molecule has 0 bridgehead atoms. The Balaban J connectivity index is 1.15. The number of rotatable bonds is 8. The third-order valence-corrected chi connectivity index (χ3v) is 8.03. The highest BCUT2D eigenvalue weighted by Gasteiger charge is 2.26. The van der Waals surface area contributed by atoms with Crippen LogP contribution in [0.4, 0.5) is 4.79 Å². The fraction of sp³-hybridized carbons (Fsp3) is 0.333. The first-order valence-corrected chi connectivity index (χ1v) is 15.2. The number of carbonyl (C=O) groups excluding carboxylic acids is 1. The van der Waals surface area contributed by atoms with Gasteiger partial charge < -0.3 is 19.3 Å². The number of carbonyl (C=O) groups is 2. The van der Waals surface area contributed by atoms with Crippen LogP contribution in [0.1, 0.15) is 78.9 Å². The highest BCUT2D eigenvalue weighted by Crippen LogP contribution is 2.40. The lowest BCUT2D eigenvalue weighted by Gasteiger charge is -2.30. The number of aryl methyl sites for hydroxylation is 2. The lowest BCUT2D eigenvalue weighted by Crippen LogP contribution is -2.39. The van der Waals surface area contributed by atoms with Crippen molar-refractivity contribution in [2.75, 3.05) is 13.1 Å². The average molecular weight is 592 g/mol. The van der Waals surface area contributed by atoms with Crippen molar-refractivity contribution in [1.29, 1.82) is 0 Å². The summed E-state index contributed by atoms with van der Waals surface area (Å²) >= 11 is 0. The maximum absolute atomic E-state index is 12.5. The van der Waals surface area contributed by atoms with Crippen molar-refractivity contribution in [1.82, 2.24) is 15.0 Å². The van der Waals surface area contributed by atoms with E-state index in [2.05, 4.69) is 34.4 Å². The maximum Gasteiger partial charge on any atom is 0.410 e. The van der Waals surface area contributed by atoms with E-state index in [-0.39, 0.29) is 11.7 Å². The fourth-order valence-electron chi connectivity index (χ4n) is 5.54. The summed E-state index contributed by atoms with van der Waals surface area (Å²) in [7, 11) is 0. The molecule has 44 heavy (non-hydrogen) atoms. The van der Waals surface area contributed by atoms with Gasteiger partial charge in [-0.15, -0.1) is 0 Å². The first kappa shape index (κ1) is 29.4. The minimum atomic E-state index is -0.985. The van der Waals surface area contributed by atoms with Crippen LogP contribution in [-0.2, 0) is 17.6 Å². The van der Waals surface area contributed by atoms with Gasteiger partial charge in [0.2, 0.25) is 11.7 Å². The molecule has 8 nitrogen and oxygen atoms in total. The van der Waals surface area contributed by atoms with E-state index in [4.69, 9.17) is 9.26 Å². The van der Waals surface area contributed by atoms with Crippen LogP contribution in [0.2, 0.25) is 0 Å². The van der Waals surface area contributed by atoms with Gasteiger partial charge in [0.05, 0.1) is 5.56 Å². The zero-order valence-corrected chi connectivity index (χ0v) is 25.4. The van der Waals surface area contributed by atoms with Gasteiger partial charge in [-0.1, -0.05) is 65.8 Å². The van der Waals surface area contributed by atoms with Crippen molar-refractivity contribution in [3.8, 4) is 22.5 Å². The molecule has 1 fully saturated rings. The number of hydrogen-bond donors (Lipinski definition) is 1. The first-order valence-electron chi connectivity index (χ1n) is 15.2. The van der Waals surface area contributed by atoms with Gasteiger partial charge in [0.25, 0.3) is 0 Å². The smallest absolute Gasteiger partial charge is 0.410 e. The average Bonchev–Trinajstić information content (AvgIpc) is 3.76. The van der Waals surface area contributed by atoms with Gasteiger partial charge in [0, 0.05) is 25.1 Å². The summed E-state index contributed by atoms with van der Waals surface area (Å²) in [5.41, 5.74) is 6.63. The van der Waals surface area contributed by atoms with Crippen molar-refractivity contribution >= 4 is 17.6 Å². The van der Waals surface area contributed by atoms with Crippen LogP contribution < -0.4 is 0 Å². The van der Waals surface area contributed by atoms with Crippen LogP contribution >= 0.6 is 0 Å². The van der Waals surface area contributed by atoms with E-state index >= 15 is 0 Å². The number of carboxylic acid groups (broad SMARTS) is 1. The molecule has 1 aromatic heterocycles. The number of carboxylic acids is 1. The molecule has 8 heteroatoms. The van der Waals surface area contributed by atoms with Crippen molar-refractivity contribution in [2.24, 2.45) is 0 Å². The van der Waals surface area contributed by atoms with E-state index in [1.165, 1.54) is 24.0 Å². The van der Waals surface area contributed by atoms with E-state index in [0.717, 1.165) is 34.6 Å². The van der Waals surface area contributed by atoms with Crippen molar-refractivity contribution in [3.63, 3.8) is 0 Å². The quantitative estimate of drug-likeness (QED) is 0.223. The third-order valence-electron chi connectivity index (χ3n) is 8.03. The largest absolute Gasteiger partial charge is 0.478 e. The first-order chi connectivity index (χ1) is 21.1. The lowest BCUT2D eigenvalue weighted by molar-refractivity contribution is 0.0270. The summed E-state index contributed by atoms with van der Waals surface area (Å²) in [6, 6.07) is 22.0. The van der Waals surface area contributed by atoms with Gasteiger partial charge in [0.1, 0.15) is 5.60 Å². The highest BCUT2D eigenvalue weighted by atomic mass is 16.6. The highest BCUT2D eigenvalue weighted by molar-refractivity contribution is 5.95. The lowest BCUT2D eigenvalue weighted by atomic mass is 9.91. The number of benzene rings is 3. The summed E-state index contributed by atoms with van der Waals surface area (Å²) in [6.07, 6.45) is 6.20. The molecule has 1 aliphatic carbocycles. The summed E-state index contributed by atoms with van der Waals surface area (Å²) in [6.45, 7) is 6.33. The fourth-order valence-corrected chi connectivity index (χ4v) is 5.54. The molecule has 0 saturated heterocycles. The number of aromatic nitrogens is 2. The maximum atomic E-state index is 12.5. The zero-order chi connectivity index (χ0) is 30.8. The topological polar surface area (TPSA) is 106 Å². The van der Waals surface area contributed by atoms with Crippen molar-refractivity contribution in [3.05, 3.63) is 101 Å². The molecule has 1 N–H and O–H groups in total. The van der Waals surface area contributed by atoms with Gasteiger partial charge >= 0.3 is 12.1 Å². The van der Waals surface area contributed by atoms with Crippen LogP contribution in [0.3, 0.4) is 0 Å². The number of ether oxygens (including phenoxy) is 1.